The van der Waals surface area contributed by atoms with E-state index < -0.39 is 0 Å². The summed E-state index contributed by atoms with van der Waals surface area (Å²) < 4.78 is 5.84. The van der Waals surface area contributed by atoms with Crippen molar-refractivity contribution in [3.05, 3.63) is 71.8 Å². The van der Waals surface area contributed by atoms with E-state index >= 15 is 0 Å². The molecule has 2 rings (SSSR count). The Bertz CT molecular complexity index is 681. The fraction of sp³-hybridized carbons (Fsp3) is 0.462. The number of rotatable bonds is 11. The first-order valence-corrected chi connectivity index (χ1v) is 10.5. The molecule has 2 atom stereocenters. The van der Waals surface area contributed by atoms with Crippen LogP contribution >= 0.6 is 0 Å². The van der Waals surface area contributed by atoms with Crippen LogP contribution in [-0.4, -0.2) is 6.61 Å². The smallest absolute Gasteiger partial charge is 0.119 e. The Hall–Kier alpha value is -2.02. The molecule has 0 heterocycles. The highest BCUT2D eigenvalue weighted by atomic mass is 16.5. The molecule has 146 valence electrons. The van der Waals surface area contributed by atoms with Crippen molar-refractivity contribution in [3.8, 4) is 5.75 Å². The van der Waals surface area contributed by atoms with Crippen LogP contribution in [0.1, 0.15) is 63.6 Å². The van der Waals surface area contributed by atoms with Crippen LogP contribution in [0, 0.1) is 11.8 Å². The van der Waals surface area contributed by atoms with Crippen molar-refractivity contribution in [3.63, 3.8) is 0 Å². The molecule has 0 N–H and O–H groups in total. The lowest BCUT2D eigenvalue weighted by molar-refractivity contribution is 0.256. The molecule has 0 spiro atoms. The van der Waals surface area contributed by atoms with Crippen molar-refractivity contribution in [2.45, 2.75) is 59.8 Å². The van der Waals surface area contributed by atoms with Crippen molar-refractivity contribution in [1.29, 1.82) is 0 Å². The molecule has 2 aromatic carbocycles. The zero-order chi connectivity index (χ0) is 19.6. The first-order chi connectivity index (χ1) is 13.0. The fourth-order valence-electron chi connectivity index (χ4n) is 2.93. The van der Waals surface area contributed by atoms with Crippen LogP contribution in [0.2, 0.25) is 0 Å². The van der Waals surface area contributed by atoms with E-state index in [2.05, 4.69) is 82.8 Å². The van der Waals surface area contributed by atoms with Gasteiger partial charge in [-0.2, -0.15) is 0 Å². The summed E-state index contributed by atoms with van der Waals surface area (Å²) in [6, 6.07) is 17.4. The maximum atomic E-state index is 5.84. The van der Waals surface area contributed by atoms with Gasteiger partial charge in [0.25, 0.3) is 0 Å². The quantitative estimate of drug-likeness (QED) is 0.405. The molecule has 0 aliphatic heterocycles. The minimum Gasteiger partial charge on any atom is -0.493 e. The molecule has 0 aliphatic rings. The molecule has 2 aromatic rings. The van der Waals surface area contributed by atoms with Gasteiger partial charge in [0.15, 0.2) is 0 Å². The maximum Gasteiger partial charge on any atom is 0.119 e. The molecule has 27 heavy (non-hydrogen) atoms. The molecule has 0 bridgehead atoms. The number of benzene rings is 2. The molecular weight excluding hydrogens is 328 g/mol. The number of hydrogen-bond acceptors (Lipinski definition) is 1. The van der Waals surface area contributed by atoms with Gasteiger partial charge in [0, 0.05) is 0 Å². The maximum absolute atomic E-state index is 5.84. The van der Waals surface area contributed by atoms with Gasteiger partial charge in [-0.15, -0.1) is 0 Å². The van der Waals surface area contributed by atoms with Crippen molar-refractivity contribution < 1.29 is 4.74 Å². The molecule has 0 amide bonds. The van der Waals surface area contributed by atoms with E-state index in [1.54, 1.807) is 0 Å². The molecule has 0 aromatic heterocycles. The first kappa shape index (κ1) is 21.3. The Balaban J connectivity index is 1.87. The minimum absolute atomic E-state index is 0.595. The predicted octanol–water partition coefficient (Wildman–Crippen LogP) is 7.35. The Kier molecular flexibility index (Phi) is 8.64. The third-order valence-corrected chi connectivity index (χ3v) is 5.56. The van der Waals surface area contributed by atoms with Gasteiger partial charge in [0.1, 0.15) is 5.75 Å². The second kappa shape index (κ2) is 11.0. The summed E-state index contributed by atoms with van der Waals surface area (Å²) in [4.78, 5) is 0. The average Bonchev–Trinajstić information content (AvgIpc) is 2.71. The third-order valence-electron chi connectivity index (χ3n) is 5.56. The summed E-state index contributed by atoms with van der Waals surface area (Å²) in [7, 11) is 0. The second-order valence-electron chi connectivity index (χ2n) is 8.00. The normalized spacial score (nSPS) is 13.2. The highest BCUT2D eigenvalue weighted by Crippen LogP contribution is 2.22. The minimum atomic E-state index is 0.595. The molecule has 0 saturated carbocycles. The monoisotopic (exact) mass is 364 g/mol. The van der Waals surface area contributed by atoms with Crippen molar-refractivity contribution in [2.75, 3.05) is 6.61 Å². The third kappa shape index (κ3) is 7.25. The van der Waals surface area contributed by atoms with Gasteiger partial charge in [-0.1, -0.05) is 83.5 Å². The highest BCUT2D eigenvalue weighted by molar-refractivity contribution is 5.65. The summed E-state index contributed by atoms with van der Waals surface area (Å²) in [6.45, 7) is 14.1. The molecule has 0 saturated heterocycles. The fourth-order valence-corrected chi connectivity index (χ4v) is 2.93. The van der Waals surface area contributed by atoms with Gasteiger partial charge in [0.05, 0.1) is 6.61 Å². The van der Waals surface area contributed by atoms with Crippen molar-refractivity contribution in [1.82, 2.24) is 0 Å². The van der Waals surface area contributed by atoms with Crippen LogP contribution in [0.25, 0.3) is 5.57 Å². The lowest BCUT2D eigenvalue weighted by Crippen LogP contribution is -2.07. The molecular formula is C26H36O. The Morgan fingerprint density at radius 1 is 0.852 bits per heavy atom. The predicted molar refractivity (Wildman–Crippen MR) is 118 cm³/mol. The lowest BCUT2D eigenvalue weighted by atomic mass is 9.96. The van der Waals surface area contributed by atoms with Gasteiger partial charge >= 0.3 is 0 Å². The standard InChI is InChI=1S/C26H36O/c1-6-20(3)8-9-23-10-14-25(15-11-23)22(5)18-24-12-16-26(17-13-24)27-19-21(4)7-2/h10-17,20-21H,5-9,18-19H2,1-4H3. The molecule has 0 fully saturated rings. The summed E-state index contributed by atoms with van der Waals surface area (Å²) in [5.41, 5.74) is 5.10. The van der Waals surface area contributed by atoms with E-state index in [1.165, 1.54) is 36.0 Å². The lowest BCUT2D eigenvalue weighted by Gasteiger charge is -2.12. The van der Waals surface area contributed by atoms with Gasteiger partial charge in [-0.3, -0.25) is 0 Å². The summed E-state index contributed by atoms with van der Waals surface area (Å²) in [5.74, 6) is 2.35. The van der Waals surface area contributed by atoms with E-state index in [1.807, 2.05) is 0 Å². The average molecular weight is 365 g/mol. The SMILES string of the molecule is C=C(Cc1ccc(OCC(C)CC)cc1)c1ccc(CCC(C)CC)cc1. The number of aryl methyl sites for hydroxylation is 1. The van der Waals surface area contributed by atoms with Gasteiger partial charge < -0.3 is 4.74 Å². The van der Waals surface area contributed by atoms with Crippen LogP contribution in [0.4, 0.5) is 0 Å². The Morgan fingerprint density at radius 2 is 1.44 bits per heavy atom. The van der Waals surface area contributed by atoms with Crippen LogP contribution in [0.15, 0.2) is 55.1 Å². The first-order valence-electron chi connectivity index (χ1n) is 10.5. The molecule has 1 heteroatoms. The molecule has 0 aliphatic carbocycles. The number of allylic oxidation sites excluding steroid dienone is 1. The van der Waals surface area contributed by atoms with E-state index in [0.717, 1.165) is 36.7 Å². The van der Waals surface area contributed by atoms with Crippen molar-refractivity contribution >= 4 is 5.57 Å². The second-order valence-corrected chi connectivity index (χ2v) is 8.00. The number of hydrogen-bond donors (Lipinski definition) is 0. The molecule has 1 nitrogen and oxygen atoms in total. The summed E-state index contributed by atoms with van der Waals surface area (Å²) in [6.07, 6.45) is 5.71. The topological polar surface area (TPSA) is 9.23 Å². The van der Waals surface area contributed by atoms with Crippen LogP contribution in [-0.2, 0) is 12.8 Å². The van der Waals surface area contributed by atoms with Gasteiger partial charge in [0.2, 0.25) is 0 Å². The Labute approximate surface area is 166 Å². The highest BCUT2D eigenvalue weighted by Gasteiger charge is 2.05. The molecule has 2 unspecified atom stereocenters. The van der Waals surface area contributed by atoms with E-state index in [4.69, 9.17) is 4.74 Å². The van der Waals surface area contributed by atoms with Crippen LogP contribution in [0.5, 0.6) is 5.75 Å². The summed E-state index contributed by atoms with van der Waals surface area (Å²) >= 11 is 0. The van der Waals surface area contributed by atoms with E-state index in [-0.39, 0.29) is 0 Å². The van der Waals surface area contributed by atoms with Crippen LogP contribution < -0.4 is 4.74 Å². The van der Waals surface area contributed by atoms with Gasteiger partial charge in [-0.05, 0) is 65.5 Å². The van der Waals surface area contributed by atoms with Crippen LogP contribution in [0.3, 0.4) is 0 Å². The van der Waals surface area contributed by atoms with E-state index in [9.17, 15) is 0 Å². The van der Waals surface area contributed by atoms with Crippen molar-refractivity contribution in [2.24, 2.45) is 11.8 Å². The zero-order valence-corrected chi connectivity index (χ0v) is 17.6. The van der Waals surface area contributed by atoms with E-state index in [0.29, 0.717) is 5.92 Å². The van der Waals surface area contributed by atoms with Gasteiger partial charge in [-0.25, -0.2) is 0 Å². The zero-order valence-electron chi connectivity index (χ0n) is 17.6. The largest absolute Gasteiger partial charge is 0.493 e. The molecule has 0 radical (unpaired) electrons. The summed E-state index contributed by atoms with van der Waals surface area (Å²) in [5, 5.41) is 0. The Morgan fingerprint density at radius 3 is 2.04 bits per heavy atom. The number of ether oxygens (including phenoxy) is 1.